The minimum atomic E-state index is -3.65. The Bertz CT molecular complexity index is 1130. The van der Waals surface area contributed by atoms with Crippen LogP contribution in [0.5, 0.6) is 0 Å². The molecule has 30 heavy (non-hydrogen) atoms. The molecule has 0 radical (unpaired) electrons. The molecule has 0 fully saturated rings. The number of nitrogens with one attached hydrogen (secondary N) is 1. The van der Waals surface area contributed by atoms with Gasteiger partial charge in [-0.05, 0) is 37.3 Å². The molecule has 6 nitrogen and oxygen atoms in total. The highest BCUT2D eigenvalue weighted by molar-refractivity contribution is 8.02. The van der Waals surface area contributed by atoms with Crippen LogP contribution in [0.25, 0.3) is 10.2 Å². The lowest BCUT2D eigenvalue weighted by Crippen LogP contribution is -2.30. The maximum Gasteiger partial charge on any atom is 0.243 e. The lowest BCUT2D eigenvalue weighted by Gasteiger charge is -2.19. The fraction of sp³-hybridized carbons (Fsp3) is 0.300. The highest BCUT2D eigenvalue weighted by Crippen LogP contribution is 2.33. The summed E-state index contributed by atoms with van der Waals surface area (Å²) in [6, 6.07) is 12.1. The number of amides is 1. The Morgan fingerprint density at radius 3 is 2.60 bits per heavy atom. The van der Waals surface area contributed by atoms with Crippen molar-refractivity contribution < 1.29 is 13.2 Å². The number of hydrogen-bond acceptors (Lipinski definition) is 6. The third-order valence-electron chi connectivity index (χ3n) is 4.46. The van der Waals surface area contributed by atoms with E-state index >= 15 is 0 Å². The molecule has 1 atom stereocenters. The number of carbonyl (C=O) groups excluding carboxylic acids is 1. The first-order valence-electron chi connectivity index (χ1n) is 9.39. The predicted octanol–water partition coefficient (Wildman–Crippen LogP) is 5.10. The second-order valence-corrected chi connectivity index (χ2v) is 11.4. The molecule has 1 heterocycles. The summed E-state index contributed by atoms with van der Waals surface area (Å²) in [6.45, 7) is 6.05. The molecular weight excluding hydrogens is 462 g/mol. The summed E-state index contributed by atoms with van der Waals surface area (Å²) in [5, 5.41) is 2.59. The van der Waals surface area contributed by atoms with Crippen LogP contribution < -0.4 is 5.32 Å². The highest BCUT2D eigenvalue weighted by Gasteiger charge is 2.24. The lowest BCUT2D eigenvalue weighted by atomic mass is 10.3. The molecule has 0 bridgehead atoms. The second kappa shape index (κ2) is 9.65. The van der Waals surface area contributed by atoms with Gasteiger partial charge in [-0.25, -0.2) is 13.4 Å². The molecule has 0 aliphatic carbocycles. The molecular formula is C20H22ClN3O3S3. The van der Waals surface area contributed by atoms with Crippen LogP contribution in [0.4, 0.5) is 5.69 Å². The normalized spacial score (nSPS) is 13.0. The number of thiazole rings is 1. The van der Waals surface area contributed by atoms with E-state index in [-0.39, 0.29) is 21.5 Å². The van der Waals surface area contributed by atoms with Crippen molar-refractivity contribution in [2.45, 2.75) is 35.3 Å². The van der Waals surface area contributed by atoms with Gasteiger partial charge in [-0.1, -0.05) is 49.3 Å². The number of para-hydroxylation sites is 1. The van der Waals surface area contributed by atoms with Gasteiger partial charge in [-0.3, -0.25) is 4.79 Å². The fourth-order valence-electron chi connectivity index (χ4n) is 2.81. The average Bonchev–Trinajstić information content (AvgIpc) is 3.12. The average molecular weight is 484 g/mol. The number of halogens is 1. The van der Waals surface area contributed by atoms with Crippen molar-refractivity contribution in [1.82, 2.24) is 9.29 Å². The summed E-state index contributed by atoms with van der Waals surface area (Å²) in [5.74, 6) is -0.279. The van der Waals surface area contributed by atoms with E-state index in [0.717, 1.165) is 14.6 Å². The van der Waals surface area contributed by atoms with Crippen LogP contribution in [0.1, 0.15) is 20.8 Å². The Hall–Kier alpha value is -1.65. The van der Waals surface area contributed by atoms with Crippen molar-refractivity contribution in [2.75, 3.05) is 18.4 Å². The summed E-state index contributed by atoms with van der Waals surface area (Å²) < 4.78 is 28.7. The fourth-order valence-corrected chi connectivity index (χ4v) is 6.67. The summed E-state index contributed by atoms with van der Waals surface area (Å²) >= 11 is 9.09. The van der Waals surface area contributed by atoms with Gasteiger partial charge in [0.2, 0.25) is 15.9 Å². The van der Waals surface area contributed by atoms with Crippen LogP contribution in [0.15, 0.2) is 51.7 Å². The number of aromatic nitrogens is 1. The number of thioether (sulfide) groups is 1. The molecule has 0 spiro atoms. The largest absolute Gasteiger partial charge is 0.324 e. The molecule has 1 aromatic heterocycles. The van der Waals surface area contributed by atoms with Gasteiger partial charge in [0, 0.05) is 13.1 Å². The maximum atomic E-state index is 12.8. The Morgan fingerprint density at radius 1 is 1.23 bits per heavy atom. The van der Waals surface area contributed by atoms with Gasteiger partial charge < -0.3 is 5.32 Å². The zero-order valence-corrected chi connectivity index (χ0v) is 20.0. The number of rotatable bonds is 8. The molecule has 1 N–H and O–H groups in total. The topological polar surface area (TPSA) is 79.4 Å². The van der Waals surface area contributed by atoms with E-state index < -0.39 is 15.3 Å². The first kappa shape index (κ1) is 23.0. The zero-order chi connectivity index (χ0) is 21.9. The SMILES string of the molecule is CCN(CC)S(=O)(=O)c1ccc(Cl)c(NC(=O)[C@@H](C)Sc2nc3ccccc3s2)c1. The standard InChI is InChI=1S/C20H22ClN3O3S3/c1-4-24(5-2)30(26,27)14-10-11-15(21)17(12-14)22-19(25)13(3)28-20-23-16-8-6-7-9-18(16)29-20/h6-13H,4-5H2,1-3H3,(H,22,25)/t13-/m1/s1. The monoisotopic (exact) mass is 483 g/mol. The molecule has 0 aliphatic rings. The van der Waals surface area contributed by atoms with E-state index in [4.69, 9.17) is 11.6 Å². The molecule has 0 unspecified atom stereocenters. The molecule has 1 amide bonds. The quantitative estimate of drug-likeness (QED) is 0.451. The van der Waals surface area contributed by atoms with Gasteiger partial charge in [0.25, 0.3) is 0 Å². The van der Waals surface area contributed by atoms with Crippen molar-refractivity contribution in [1.29, 1.82) is 0 Å². The number of fused-ring (bicyclic) bond motifs is 1. The maximum absolute atomic E-state index is 12.8. The molecule has 10 heteroatoms. The van der Waals surface area contributed by atoms with Crippen LogP contribution in [0.3, 0.4) is 0 Å². The van der Waals surface area contributed by atoms with Gasteiger partial charge >= 0.3 is 0 Å². The van der Waals surface area contributed by atoms with Crippen LogP contribution in [0, 0.1) is 0 Å². The molecule has 3 aromatic rings. The molecule has 0 saturated heterocycles. The van der Waals surface area contributed by atoms with Crippen LogP contribution >= 0.6 is 34.7 Å². The number of hydrogen-bond donors (Lipinski definition) is 1. The molecule has 3 rings (SSSR count). The third-order valence-corrected chi connectivity index (χ3v) is 9.07. The van der Waals surface area contributed by atoms with Crippen molar-refractivity contribution in [2.24, 2.45) is 0 Å². The van der Waals surface area contributed by atoms with Crippen LogP contribution in [-0.4, -0.2) is 42.0 Å². The van der Waals surface area contributed by atoms with E-state index in [1.54, 1.807) is 20.8 Å². The van der Waals surface area contributed by atoms with Crippen molar-refractivity contribution in [3.05, 3.63) is 47.5 Å². The van der Waals surface area contributed by atoms with E-state index in [1.807, 2.05) is 24.3 Å². The Balaban J connectivity index is 1.77. The van der Waals surface area contributed by atoms with Crippen molar-refractivity contribution in [3.63, 3.8) is 0 Å². The van der Waals surface area contributed by atoms with Crippen LogP contribution in [0.2, 0.25) is 5.02 Å². The van der Waals surface area contributed by atoms with E-state index in [1.165, 1.54) is 45.6 Å². The second-order valence-electron chi connectivity index (χ2n) is 6.43. The number of nitrogens with zero attached hydrogens (tertiary/aromatic N) is 2. The number of carbonyl (C=O) groups is 1. The number of benzene rings is 2. The number of sulfonamides is 1. The van der Waals surface area contributed by atoms with E-state index in [0.29, 0.717) is 13.1 Å². The third kappa shape index (κ3) is 4.97. The van der Waals surface area contributed by atoms with E-state index in [9.17, 15) is 13.2 Å². The number of anilines is 1. The molecule has 160 valence electrons. The minimum absolute atomic E-state index is 0.0948. The Labute approximate surface area is 189 Å². The van der Waals surface area contributed by atoms with Gasteiger partial charge in [-0.2, -0.15) is 4.31 Å². The summed E-state index contributed by atoms with van der Waals surface area (Å²) in [4.78, 5) is 17.3. The van der Waals surface area contributed by atoms with Gasteiger partial charge in [0.15, 0.2) is 4.34 Å². The van der Waals surface area contributed by atoms with Crippen LogP contribution in [-0.2, 0) is 14.8 Å². The summed E-state index contributed by atoms with van der Waals surface area (Å²) in [7, 11) is -3.65. The first-order valence-corrected chi connectivity index (χ1v) is 12.9. The smallest absolute Gasteiger partial charge is 0.243 e. The Morgan fingerprint density at radius 2 is 1.93 bits per heavy atom. The Kier molecular flexibility index (Phi) is 7.41. The minimum Gasteiger partial charge on any atom is -0.324 e. The van der Waals surface area contributed by atoms with Gasteiger partial charge in [0.05, 0.1) is 31.1 Å². The van der Waals surface area contributed by atoms with Crippen molar-refractivity contribution in [3.8, 4) is 0 Å². The van der Waals surface area contributed by atoms with Crippen molar-refractivity contribution >= 4 is 66.5 Å². The summed E-state index contributed by atoms with van der Waals surface area (Å²) in [6.07, 6.45) is 0. The predicted molar refractivity (Wildman–Crippen MR) is 125 cm³/mol. The van der Waals surface area contributed by atoms with Gasteiger partial charge in [-0.15, -0.1) is 11.3 Å². The lowest BCUT2D eigenvalue weighted by molar-refractivity contribution is -0.115. The molecule has 2 aromatic carbocycles. The summed E-state index contributed by atoms with van der Waals surface area (Å²) in [5.41, 5.74) is 1.17. The zero-order valence-electron chi connectivity index (χ0n) is 16.8. The van der Waals surface area contributed by atoms with E-state index in [2.05, 4.69) is 10.3 Å². The first-order chi connectivity index (χ1) is 14.3. The highest BCUT2D eigenvalue weighted by atomic mass is 35.5. The van der Waals surface area contributed by atoms with Gasteiger partial charge in [0.1, 0.15) is 0 Å². The molecule has 0 aliphatic heterocycles. The molecule has 0 saturated carbocycles.